The lowest BCUT2D eigenvalue weighted by molar-refractivity contribution is -0.160. The third-order valence-corrected chi connectivity index (χ3v) is 9.08. The van der Waals surface area contributed by atoms with Crippen LogP contribution < -0.4 is 4.90 Å². The molecule has 3 aromatic rings. The van der Waals surface area contributed by atoms with Crippen molar-refractivity contribution in [2.24, 2.45) is 5.41 Å². The molecule has 1 N–H and O–H groups in total. The SMILES string of the molecule is CCn1cncc1CN1CCc2cc(-c3c(C)nc(C)c(C(OC(C)(C)C)C(=O)O)c3N3CCC(C)(C)CC3)ccc2C1. The third-order valence-electron chi connectivity index (χ3n) is 9.08. The van der Waals surface area contributed by atoms with Crippen molar-refractivity contribution in [3.05, 3.63) is 64.5 Å². The first-order valence-electron chi connectivity index (χ1n) is 15.8. The summed E-state index contributed by atoms with van der Waals surface area (Å²) in [6, 6.07) is 6.79. The van der Waals surface area contributed by atoms with Gasteiger partial charge in [0.1, 0.15) is 0 Å². The minimum Gasteiger partial charge on any atom is -0.479 e. The highest BCUT2D eigenvalue weighted by molar-refractivity contribution is 5.88. The van der Waals surface area contributed by atoms with Gasteiger partial charge in [0, 0.05) is 68.0 Å². The van der Waals surface area contributed by atoms with E-state index in [2.05, 4.69) is 65.2 Å². The Kier molecular flexibility index (Phi) is 8.74. The van der Waals surface area contributed by atoms with Gasteiger partial charge in [-0.1, -0.05) is 32.0 Å². The Hall–Kier alpha value is -3.23. The number of ether oxygens (including phenoxy) is 1. The molecule has 0 amide bonds. The van der Waals surface area contributed by atoms with E-state index < -0.39 is 17.7 Å². The van der Waals surface area contributed by atoms with Crippen LogP contribution in [0.3, 0.4) is 0 Å². The van der Waals surface area contributed by atoms with Crippen molar-refractivity contribution in [3.63, 3.8) is 0 Å². The lowest BCUT2D eigenvalue weighted by Gasteiger charge is -2.41. The average molecular weight is 588 g/mol. The summed E-state index contributed by atoms with van der Waals surface area (Å²) in [5, 5.41) is 10.5. The van der Waals surface area contributed by atoms with Gasteiger partial charge in [0.05, 0.1) is 23.3 Å². The summed E-state index contributed by atoms with van der Waals surface area (Å²) >= 11 is 0. The zero-order valence-corrected chi connectivity index (χ0v) is 27.3. The minimum absolute atomic E-state index is 0.259. The summed E-state index contributed by atoms with van der Waals surface area (Å²) in [5.74, 6) is -0.983. The highest BCUT2D eigenvalue weighted by Gasteiger charge is 2.36. The zero-order chi connectivity index (χ0) is 31.1. The smallest absolute Gasteiger partial charge is 0.337 e. The van der Waals surface area contributed by atoms with Gasteiger partial charge in [0.2, 0.25) is 0 Å². The monoisotopic (exact) mass is 587 g/mol. The van der Waals surface area contributed by atoms with Crippen molar-refractivity contribution < 1.29 is 14.6 Å². The van der Waals surface area contributed by atoms with Crippen LogP contribution in [0.5, 0.6) is 0 Å². The van der Waals surface area contributed by atoms with Gasteiger partial charge in [-0.05, 0) is 82.9 Å². The number of benzene rings is 1. The van der Waals surface area contributed by atoms with E-state index in [0.717, 1.165) is 86.7 Å². The number of carboxylic acid groups (broad SMARTS) is 1. The first kappa shape index (κ1) is 31.2. The fourth-order valence-electron chi connectivity index (χ4n) is 6.65. The van der Waals surface area contributed by atoms with Gasteiger partial charge in [0.25, 0.3) is 0 Å². The third kappa shape index (κ3) is 6.80. The van der Waals surface area contributed by atoms with Crippen molar-refractivity contribution in [3.8, 4) is 11.1 Å². The summed E-state index contributed by atoms with van der Waals surface area (Å²) in [5.41, 5.74) is 9.00. The molecule has 1 fully saturated rings. The number of aryl methyl sites for hydroxylation is 3. The Morgan fingerprint density at radius 1 is 1.09 bits per heavy atom. The second kappa shape index (κ2) is 12.0. The predicted octanol–water partition coefficient (Wildman–Crippen LogP) is 6.71. The maximum atomic E-state index is 12.8. The molecule has 4 heterocycles. The van der Waals surface area contributed by atoms with Gasteiger partial charge in [-0.15, -0.1) is 0 Å². The molecule has 0 bridgehead atoms. The summed E-state index contributed by atoms with van der Waals surface area (Å²) in [7, 11) is 0. The Balaban J connectivity index is 1.57. The highest BCUT2D eigenvalue weighted by Crippen LogP contribution is 2.45. The van der Waals surface area contributed by atoms with E-state index in [0.29, 0.717) is 5.56 Å². The number of carboxylic acids is 1. The first-order chi connectivity index (χ1) is 20.3. The second-order valence-corrected chi connectivity index (χ2v) is 14.1. The number of pyridine rings is 1. The minimum atomic E-state index is -1.11. The maximum absolute atomic E-state index is 12.8. The molecule has 0 aliphatic carbocycles. The molecule has 0 spiro atoms. The molecular formula is C35H49N5O3. The molecule has 5 rings (SSSR count). The van der Waals surface area contributed by atoms with Crippen LogP contribution in [0.25, 0.3) is 11.1 Å². The van der Waals surface area contributed by atoms with Crippen LogP contribution in [0.2, 0.25) is 0 Å². The summed E-state index contributed by atoms with van der Waals surface area (Å²) in [6.07, 6.45) is 5.83. The fourth-order valence-corrected chi connectivity index (χ4v) is 6.65. The second-order valence-electron chi connectivity index (χ2n) is 14.1. The van der Waals surface area contributed by atoms with Crippen molar-refractivity contribution in [2.45, 2.75) is 106 Å². The van der Waals surface area contributed by atoms with E-state index in [9.17, 15) is 9.90 Å². The van der Waals surface area contributed by atoms with Gasteiger partial charge in [-0.25, -0.2) is 9.78 Å². The molecule has 8 heteroatoms. The van der Waals surface area contributed by atoms with Crippen molar-refractivity contribution in [1.82, 2.24) is 19.4 Å². The first-order valence-corrected chi connectivity index (χ1v) is 15.8. The number of aliphatic carboxylic acids is 1. The van der Waals surface area contributed by atoms with E-state index in [1.165, 1.54) is 16.8 Å². The number of hydrogen-bond acceptors (Lipinski definition) is 6. The summed E-state index contributed by atoms with van der Waals surface area (Å²) in [6.45, 7) is 21.9. The van der Waals surface area contributed by atoms with E-state index in [4.69, 9.17) is 9.72 Å². The molecule has 43 heavy (non-hydrogen) atoms. The molecule has 0 radical (unpaired) electrons. The zero-order valence-electron chi connectivity index (χ0n) is 27.3. The van der Waals surface area contributed by atoms with Crippen LogP contribution in [0, 0.1) is 19.3 Å². The summed E-state index contributed by atoms with van der Waals surface area (Å²) < 4.78 is 8.46. The Morgan fingerprint density at radius 3 is 2.47 bits per heavy atom. The molecule has 1 unspecified atom stereocenters. The van der Waals surface area contributed by atoms with Crippen molar-refractivity contribution >= 4 is 11.7 Å². The Labute approximate surface area is 257 Å². The van der Waals surface area contributed by atoms with Crippen LogP contribution in [0.15, 0.2) is 30.7 Å². The van der Waals surface area contributed by atoms with Crippen molar-refractivity contribution in [1.29, 1.82) is 0 Å². The largest absolute Gasteiger partial charge is 0.479 e. The van der Waals surface area contributed by atoms with Gasteiger partial charge in [0.15, 0.2) is 6.10 Å². The number of aromatic nitrogens is 3. The van der Waals surface area contributed by atoms with E-state index in [1.54, 1.807) is 0 Å². The number of fused-ring (bicyclic) bond motifs is 1. The van der Waals surface area contributed by atoms with Crippen LogP contribution in [0.1, 0.15) is 94.3 Å². The maximum Gasteiger partial charge on any atom is 0.337 e. The van der Waals surface area contributed by atoms with E-state index in [1.807, 2.05) is 40.2 Å². The molecule has 2 aliphatic rings. The molecule has 2 aliphatic heterocycles. The molecular weight excluding hydrogens is 538 g/mol. The number of carbonyl (C=O) groups is 1. The van der Waals surface area contributed by atoms with Crippen molar-refractivity contribution in [2.75, 3.05) is 24.5 Å². The number of rotatable bonds is 8. The molecule has 8 nitrogen and oxygen atoms in total. The Bertz CT molecular complexity index is 1480. The lowest BCUT2D eigenvalue weighted by atomic mass is 9.81. The average Bonchev–Trinajstić information content (AvgIpc) is 3.38. The lowest BCUT2D eigenvalue weighted by Crippen LogP contribution is -2.39. The van der Waals surface area contributed by atoms with E-state index in [-0.39, 0.29) is 5.41 Å². The predicted molar refractivity (Wildman–Crippen MR) is 171 cm³/mol. The molecule has 1 saturated heterocycles. The van der Waals surface area contributed by atoms with Gasteiger partial charge in [-0.2, -0.15) is 0 Å². The number of anilines is 1. The number of imidazole rings is 1. The number of hydrogen-bond donors (Lipinski definition) is 1. The van der Waals surface area contributed by atoms with Crippen LogP contribution in [0.4, 0.5) is 5.69 Å². The molecule has 2 aromatic heterocycles. The molecule has 1 aromatic carbocycles. The number of piperidine rings is 1. The van der Waals surface area contributed by atoms with Crippen LogP contribution in [-0.2, 0) is 35.6 Å². The summed E-state index contributed by atoms with van der Waals surface area (Å²) in [4.78, 5) is 27.0. The quantitative estimate of drug-likeness (QED) is 0.314. The van der Waals surface area contributed by atoms with Crippen LogP contribution >= 0.6 is 0 Å². The van der Waals surface area contributed by atoms with Crippen LogP contribution in [-0.4, -0.2) is 55.7 Å². The van der Waals surface area contributed by atoms with Gasteiger partial charge >= 0.3 is 5.97 Å². The standard InChI is InChI=1S/C35H49N5O3/c1-9-39-22-36-19-28(39)21-38-15-12-25-18-26(10-11-27(25)20-38)29-23(2)37-24(3)30(32(33(41)42)43-34(4,5)6)31(29)40-16-13-35(7,8)14-17-40/h10-11,18-19,22,32H,9,12-17,20-21H2,1-8H3,(H,41,42). The number of nitrogens with zero attached hydrogens (tertiary/aromatic N) is 5. The fraction of sp³-hybridized carbons (Fsp3) is 0.571. The molecule has 1 atom stereocenters. The molecule has 0 saturated carbocycles. The molecule has 232 valence electrons. The topological polar surface area (TPSA) is 83.7 Å². The Morgan fingerprint density at radius 2 is 1.81 bits per heavy atom. The van der Waals surface area contributed by atoms with E-state index >= 15 is 0 Å². The van der Waals surface area contributed by atoms with Gasteiger partial charge in [-0.3, -0.25) is 9.88 Å². The highest BCUT2D eigenvalue weighted by atomic mass is 16.5. The normalized spacial score (nSPS) is 18.0. The van der Waals surface area contributed by atoms with Gasteiger partial charge < -0.3 is 19.3 Å².